The second kappa shape index (κ2) is 8.45. The topological polar surface area (TPSA) is 60.7 Å². The van der Waals surface area contributed by atoms with Crippen molar-refractivity contribution >= 4 is 23.0 Å². The molecule has 5 heteroatoms. The highest BCUT2D eigenvalue weighted by atomic mass is 16.5. The van der Waals surface area contributed by atoms with Gasteiger partial charge >= 0.3 is 0 Å². The number of ether oxygens (including phenoxy) is 2. The van der Waals surface area contributed by atoms with Crippen LogP contribution in [0.4, 0.5) is 0 Å². The van der Waals surface area contributed by atoms with Gasteiger partial charge in [0.1, 0.15) is 11.3 Å². The monoisotopic (exact) mass is 365 g/mol. The first-order valence-electron chi connectivity index (χ1n) is 8.82. The molecule has 0 spiro atoms. The molecule has 140 valence electrons. The summed E-state index contributed by atoms with van der Waals surface area (Å²) in [6.07, 6.45) is 3.91. The fourth-order valence-electron chi connectivity index (χ4n) is 2.81. The Morgan fingerprint density at radius 3 is 2.74 bits per heavy atom. The maximum absolute atomic E-state index is 12.3. The summed E-state index contributed by atoms with van der Waals surface area (Å²) >= 11 is 0. The molecule has 0 aliphatic heterocycles. The van der Waals surface area contributed by atoms with Gasteiger partial charge in [-0.25, -0.2) is 0 Å². The Hall–Kier alpha value is -3.21. The van der Waals surface area contributed by atoms with Crippen LogP contribution in [0.3, 0.4) is 0 Å². The van der Waals surface area contributed by atoms with Gasteiger partial charge in [0, 0.05) is 5.39 Å². The van der Waals surface area contributed by atoms with Crippen molar-refractivity contribution in [3.05, 3.63) is 65.9 Å². The molecule has 1 amide bonds. The Kier molecular flexibility index (Phi) is 5.81. The molecule has 3 aromatic rings. The minimum absolute atomic E-state index is 0.107. The van der Waals surface area contributed by atoms with Gasteiger partial charge in [-0.3, -0.25) is 4.79 Å². The van der Waals surface area contributed by atoms with E-state index >= 15 is 0 Å². The Morgan fingerprint density at radius 2 is 2.00 bits per heavy atom. The van der Waals surface area contributed by atoms with Crippen LogP contribution in [0.5, 0.6) is 11.5 Å². The zero-order valence-corrected chi connectivity index (χ0v) is 15.7. The molecule has 0 fully saturated rings. The van der Waals surface area contributed by atoms with Crippen molar-refractivity contribution in [3.63, 3.8) is 0 Å². The van der Waals surface area contributed by atoms with Crippen molar-refractivity contribution in [2.45, 2.75) is 19.9 Å². The van der Waals surface area contributed by atoms with E-state index in [1.54, 1.807) is 13.2 Å². The Morgan fingerprint density at radius 1 is 1.19 bits per heavy atom. The number of nitrogens with one attached hydrogen (secondary N) is 1. The van der Waals surface area contributed by atoms with Gasteiger partial charge in [-0.15, -0.1) is 0 Å². The predicted octanol–water partition coefficient (Wildman–Crippen LogP) is 4.73. The van der Waals surface area contributed by atoms with E-state index in [0.717, 1.165) is 16.5 Å². The van der Waals surface area contributed by atoms with E-state index in [1.807, 2.05) is 68.5 Å². The SMILES string of the molecule is C/C=C\c1ccc(OCC(=O)N[C@H](C)c2cc3ccccc3o2)c(OC)c1. The zero-order chi connectivity index (χ0) is 19.2. The number of carbonyl (C=O) groups is 1. The largest absolute Gasteiger partial charge is 0.493 e. The molecule has 1 atom stereocenters. The minimum atomic E-state index is -0.257. The lowest BCUT2D eigenvalue weighted by molar-refractivity contribution is -0.123. The van der Waals surface area contributed by atoms with Crippen LogP contribution in [0.15, 0.2) is 59.0 Å². The number of furan rings is 1. The lowest BCUT2D eigenvalue weighted by Crippen LogP contribution is -2.31. The first-order chi connectivity index (χ1) is 13.1. The second-order valence-electron chi connectivity index (χ2n) is 6.17. The van der Waals surface area contributed by atoms with Crippen LogP contribution in [0.2, 0.25) is 0 Å². The number of carbonyl (C=O) groups excluding carboxylic acids is 1. The molecule has 2 aromatic carbocycles. The maximum Gasteiger partial charge on any atom is 0.258 e. The number of benzene rings is 2. The van der Waals surface area contributed by atoms with Crippen LogP contribution in [0, 0.1) is 0 Å². The van der Waals surface area contributed by atoms with Crippen LogP contribution in [-0.4, -0.2) is 19.6 Å². The smallest absolute Gasteiger partial charge is 0.258 e. The Labute approximate surface area is 158 Å². The summed E-state index contributed by atoms with van der Waals surface area (Å²) in [6.45, 7) is 3.72. The number of hydrogen-bond acceptors (Lipinski definition) is 4. The van der Waals surface area contributed by atoms with Crippen LogP contribution in [0.25, 0.3) is 17.0 Å². The lowest BCUT2D eigenvalue weighted by Gasteiger charge is -2.14. The van der Waals surface area contributed by atoms with E-state index in [-0.39, 0.29) is 18.6 Å². The van der Waals surface area contributed by atoms with Crippen molar-refractivity contribution in [2.75, 3.05) is 13.7 Å². The van der Waals surface area contributed by atoms with Crippen molar-refractivity contribution in [1.82, 2.24) is 5.32 Å². The van der Waals surface area contributed by atoms with Crippen molar-refractivity contribution < 1.29 is 18.7 Å². The quantitative estimate of drug-likeness (QED) is 0.657. The number of rotatable bonds is 7. The number of para-hydroxylation sites is 1. The fourth-order valence-corrected chi connectivity index (χ4v) is 2.81. The molecule has 0 unspecified atom stereocenters. The van der Waals surface area contributed by atoms with E-state index in [4.69, 9.17) is 13.9 Å². The third kappa shape index (κ3) is 4.50. The molecule has 1 heterocycles. The van der Waals surface area contributed by atoms with Gasteiger partial charge in [0.25, 0.3) is 5.91 Å². The summed E-state index contributed by atoms with van der Waals surface area (Å²) in [4.78, 5) is 12.3. The van der Waals surface area contributed by atoms with Gasteiger partial charge in [-0.05, 0) is 43.7 Å². The van der Waals surface area contributed by atoms with Gasteiger partial charge < -0.3 is 19.2 Å². The molecule has 1 aromatic heterocycles. The van der Waals surface area contributed by atoms with Crippen molar-refractivity contribution in [2.24, 2.45) is 0 Å². The van der Waals surface area contributed by atoms with E-state index in [0.29, 0.717) is 17.3 Å². The molecular weight excluding hydrogens is 342 g/mol. The predicted molar refractivity (Wildman–Crippen MR) is 106 cm³/mol. The molecule has 27 heavy (non-hydrogen) atoms. The molecule has 0 saturated heterocycles. The normalized spacial score (nSPS) is 12.3. The average molecular weight is 365 g/mol. The first kappa shape index (κ1) is 18.6. The first-order valence-corrected chi connectivity index (χ1v) is 8.82. The van der Waals surface area contributed by atoms with Crippen molar-refractivity contribution in [1.29, 1.82) is 0 Å². The summed E-state index contributed by atoms with van der Waals surface area (Å²) in [7, 11) is 1.57. The number of methoxy groups -OCH3 is 1. The molecule has 1 N–H and O–H groups in total. The van der Waals surface area contributed by atoms with Gasteiger partial charge in [0.15, 0.2) is 18.1 Å². The summed E-state index contributed by atoms with van der Waals surface area (Å²) in [5, 5.41) is 3.90. The van der Waals surface area contributed by atoms with Gasteiger partial charge in [-0.1, -0.05) is 36.4 Å². The highest BCUT2D eigenvalue weighted by Gasteiger charge is 2.15. The van der Waals surface area contributed by atoms with E-state index in [2.05, 4.69) is 5.32 Å². The number of fused-ring (bicyclic) bond motifs is 1. The molecule has 0 aliphatic carbocycles. The lowest BCUT2D eigenvalue weighted by atomic mass is 10.2. The summed E-state index contributed by atoms with van der Waals surface area (Å²) in [5.74, 6) is 1.58. The molecular formula is C22H23NO4. The van der Waals surface area contributed by atoms with Gasteiger partial charge in [0.2, 0.25) is 0 Å². The third-order valence-electron chi connectivity index (χ3n) is 4.15. The molecule has 0 aliphatic rings. The third-order valence-corrected chi connectivity index (χ3v) is 4.15. The highest BCUT2D eigenvalue weighted by molar-refractivity contribution is 5.80. The average Bonchev–Trinajstić information content (AvgIpc) is 3.11. The molecule has 5 nitrogen and oxygen atoms in total. The second-order valence-corrected chi connectivity index (χ2v) is 6.17. The molecule has 0 bridgehead atoms. The van der Waals surface area contributed by atoms with Crippen LogP contribution < -0.4 is 14.8 Å². The van der Waals surface area contributed by atoms with Gasteiger partial charge in [0.05, 0.1) is 13.2 Å². The zero-order valence-electron chi connectivity index (χ0n) is 15.7. The fraction of sp³-hybridized carbons (Fsp3) is 0.227. The van der Waals surface area contributed by atoms with E-state index < -0.39 is 0 Å². The summed E-state index contributed by atoms with van der Waals surface area (Å²) in [5.41, 5.74) is 1.81. The van der Waals surface area contributed by atoms with Crippen molar-refractivity contribution in [3.8, 4) is 11.5 Å². The standard InChI is InChI=1S/C22H23NO4/c1-4-7-16-10-11-19(21(12-16)25-3)26-14-22(24)23-15(2)20-13-17-8-5-6-9-18(17)27-20/h4-13,15H,14H2,1-3H3,(H,23,24)/b7-4-/t15-/m1/s1. The molecule has 3 rings (SSSR count). The Bertz CT molecular complexity index is 925. The van der Waals surface area contributed by atoms with E-state index in [1.165, 1.54) is 0 Å². The van der Waals surface area contributed by atoms with E-state index in [9.17, 15) is 4.79 Å². The van der Waals surface area contributed by atoms with Crippen LogP contribution in [0.1, 0.15) is 31.2 Å². The highest BCUT2D eigenvalue weighted by Crippen LogP contribution is 2.28. The molecule has 0 saturated carbocycles. The molecule has 0 radical (unpaired) electrons. The number of amides is 1. The van der Waals surface area contributed by atoms with Crippen LogP contribution >= 0.6 is 0 Å². The summed E-state index contributed by atoms with van der Waals surface area (Å²) < 4.78 is 16.8. The number of hydrogen-bond donors (Lipinski definition) is 1. The number of allylic oxidation sites excluding steroid dienone is 1. The maximum atomic E-state index is 12.3. The van der Waals surface area contributed by atoms with Crippen LogP contribution in [-0.2, 0) is 4.79 Å². The van der Waals surface area contributed by atoms with Gasteiger partial charge in [-0.2, -0.15) is 0 Å². The Balaban J connectivity index is 1.60. The summed E-state index contributed by atoms with van der Waals surface area (Å²) in [6, 6.07) is 15.0. The minimum Gasteiger partial charge on any atom is -0.493 e.